The number of sulfonamides is 1. The Balaban J connectivity index is 1.86. The fraction of sp³-hybridized carbons (Fsp3) is 0.316. The molecule has 0 radical (unpaired) electrons. The van der Waals surface area contributed by atoms with Gasteiger partial charge in [0, 0.05) is 25.0 Å². The lowest BCUT2D eigenvalue weighted by Gasteiger charge is -2.14. The first kappa shape index (κ1) is 21.3. The van der Waals surface area contributed by atoms with Crippen molar-refractivity contribution in [1.29, 1.82) is 0 Å². The number of nitrogens with one attached hydrogen (secondary N) is 2. The van der Waals surface area contributed by atoms with E-state index in [-0.39, 0.29) is 4.90 Å². The van der Waals surface area contributed by atoms with Crippen molar-refractivity contribution in [2.45, 2.75) is 29.7 Å². The van der Waals surface area contributed by atoms with Gasteiger partial charge in [0.25, 0.3) is 0 Å². The van der Waals surface area contributed by atoms with Gasteiger partial charge in [-0.25, -0.2) is 13.6 Å². The molecule has 0 aromatic heterocycles. The molecular weight excluding hydrogens is 380 g/mol. The molecule has 146 valence electrons. The average molecular weight is 407 g/mol. The molecule has 8 heteroatoms. The summed E-state index contributed by atoms with van der Waals surface area (Å²) in [5.74, 6) is 0.726. The van der Waals surface area contributed by atoms with Gasteiger partial charge in [-0.2, -0.15) is 0 Å². The quantitative estimate of drug-likeness (QED) is 0.372. The minimum Gasteiger partial charge on any atom is -0.356 e. The summed E-state index contributed by atoms with van der Waals surface area (Å²) < 4.78 is 22.6. The molecule has 2 aromatic rings. The number of hydrogen-bond acceptors (Lipinski definition) is 4. The summed E-state index contributed by atoms with van der Waals surface area (Å²) in [6.07, 6.45) is 2.82. The molecule has 0 heterocycles. The van der Waals surface area contributed by atoms with Crippen LogP contribution in [0.15, 0.2) is 57.2 Å². The predicted octanol–water partition coefficient (Wildman–Crippen LogP) is 2.27. The maximum Gasteiger partial charge on any atom is 0.238 e. The number of aliphatic imine (C=N–C) groups is 1. The summed E-state index contributed by atoms with van der Waals surface area (Å²) in [6.45, 7) is 3.46. The summed E-state index contributed by atoms with van der Waals surface area (Å²) in [6, 6.07) is 13.0. The summed E-state index contributed by atoms with van der Waals surface area (Å²) in [7, 11) is -1.91. The second kappa shape index (κ2) is 9.77. The van der Waals surface area contributed by atoms with Crippen molar-refractivity contribution < 1.29 is 8.42 Å². The van der Waals surface area contributed by atoms with Crippen LogP contribution in [0.2, 0.25) is 0 Å². The van der Waals surface area contributed by atoms with Crippen molar-refractivity contribution in [2.24, 2.45) is 10.1 Å². The first-order valence-corrected chi connectivity index (χ1v) is 11.3. The van der Waals surface area contributed by atoms with E-state index in [1.807, 2.05) is 0 Å². The van der Waals surface area contributed by atoms with E-state index >= 15 is 0 Å². The van der Waals surface area contributed by atoms with Crippen LogP contribution in [0.3, 0.4) is 0 Å². The first-order valence-electron chi connectivity index (χ1n) is 8.53. The Morgan fingerprint density at radius 1 is 1.15 bits per heavy atom. The van der Waals surface area contributed by atoms with E-state index in [0.717, 1.165) is 17.9 Å². The SMILES string of the molecule is CN=C(NCCc1ccc(S(N)(=O)=O)cc1)NCc1ccc(C)cc1SC. The maximum atomic E-state index is 11.3. The summed E-state index contributed by atoms with van der Waals surface area (Å²) in [5, 5.41) is 11.7. The Hall–Kier alpha value is -2.03. The lowest BCUT2D eigenvalue weighted by molar-refractivity contribution is 0.598. The molecule has 0 aliphatic carbocycles. The van der Waals surface area contributed by atoms with Crippen LogP contribution in [0.1, 0.15) is 16.7 Å². The minimum absolute atomic E-state index is 0.124. The van der Waals surface area contributed by atoms with Crippen molar-refractivity contribution >= 4 is 27.7 Å². The number of benzene rings is 2. The highest BCUT2D eigenvalue weighted by molar-refractivity contribution is 7.98. The Bertz CT molecular complexity index is 894. The third kappa shape index (κ3) is 6.57. The predicted molar refractivity (Wildman–Crippen MR) is 113 cm³/mol. The second-order valence-corrected chi connectivity index (χ2v) is 8.52. The van der Waals surface area contributed by atoms with Crippen LogP contribution < -0.4 is 15.8 Å². The number of nitrogens with two attached hydrogens (primary N) is 1. The van der Waals surface area contributed by atoms with Gasteiger partial charge in [0.15, 0.2) is 5.96 Å². The van der Waals surface area contributed by atoms with E-state index < -0.39 is 10.0 Å². The molecule has 2 aromatic carbocycles. The van der Waals surface area contributed by atoms with E-state index in [2.05, 4.69) is 47.0 Å². The zero-order valence-electron chi connectivity index (χ0n) is 15.8. The topological polar surface area (TPSA) is 96.6 Å². The molecule has 0 aliphatic heterocycles. The van der Waals surface area contributed by atoms with Gasteiger partial charge >= 0.3 is 0 Å². The van der Waals surface area contributed by atoms with Gasteiger partial charge < -0.3 is 10.6 Å². The van der Waals surface area contributed by atoms with E-state index in [0.29, 0.717) is 13.1 Å². The standard InChI is InChI=1S/C19H26N4O2S2/c1-14-4-7-16(18(12-14)26-3)13-23-19(21-2)22-11-10-15-5-8-17(9-6-15)27(20,24)25/h4-9,12H,10-11,13H2,1-3H3,(H2,20,24,25)(H2,21,22,23). The molecular formula is C19H26N4O2S2. The summed E-state index contributed by atoms with van der Waals surface area (Å²) >= 11 is 1.73. The largest absolute Gasteiger partial charge is 0.356 e. The Kier molecular flexibility index (Phi) is 7.70. The molecule has 0 atom stereocenters. The number of aryl methyl sites for hydroxylation is 1. The molecule has 0 spiro atoms. The summed E-state index contributed by atoms with van der Waals surface area (Å²) in [5.41, 5.74) is 3.50. The minimum atomic E-state index is -3.65. The van der Waals surface area contributed by atoms with Crippen molar-refractivity contribution in [3.63, 3.8) is 0 Å². The molecule has 2 rings (SSSR count). The van der Waals surface area contributed by atoms with Crippen LogP contribution in [-0.4, -0.2) is 34.2 Å². The van der Waals surface area contributed by atoms with E-state index in [1.165, 1.54) is 28.2 Å². The van der Waals surface area contributed by atoms with Crippen molar-refractivity contribution in [1.82, 2.24) is 10.6 Å². The molecule has 0 fully saturated rings. The van der Waals surface area contributed by atoms with Crippen LogP contribution in [0.25, 0.3) is 0 Å². The fourth-order valence-electron chi connectivity index (χ4n) is 2.57. The number of guanidine groups is 1. The lowest BCUT2D eigenvalue weighted by atomic mass is 10.1. The number of thioether (sulfide) groups is 1. The molecule has 27 heavy (non-hydrogen) atoms. The van der Waals surface area contributed by atoms with Gasteiger partial charge in [0.2, 0.25) is 10.0 Å². The highest BCUT2D eigenvalue weighted by Crippen LogP contribution is 2.21. The summed E-state index contributed by atoms with van der Waals surface area (Å²) in [4.78, 5) is 5.63. The number of hydrogen-bond donors (Lipinski definition) is 3. The average Bonchev–Trinajstić information content (AvgIpc) is 2.64. The van der Waals surface area contributed by atoms with Crippen molar-refractivity contribution in [2.75, 3.05) is 19.8 Å². The third-order valence-electron chi connectivity index (χ3n) is 4.07. The van der Waals surface area contributed by atoms with Crippen LogP contribution in [-0.2, 0) is 23.0 Å². The molecule has 6 nitrogen and oxygen atoms in total. The van der Waals surface area contributed by atoms with Gasteiger partial charge in [-0.05, 0) is 54.5 Å². The smallest absolute Gasteiger partial charge is 0.238 e. The molecule has 0 aliphatic rings. The Morgan fingerprint density at radius 2 is 1.85 bits per heavy atom. The zero-order valence-corrected chi connectivity index (χ0v) is 17.5. The van der Waals surface area contributed by atoms with Gasteiger partial charge in [0.1, 0.15) is 0 Å². The zero-order chi connectivity index (χ0) is 19.9. The number of rotatable bonds is 7. The molecule has 0 saturated carbocycles. The fourth-order valence-corrected chi connectivity index (χ4v) is 3.79. The van der Waals surface area contributed by atoms with Gasteiger partial charge in [0.05, 0.1) is 4.90 Å². The second-order valence-electron chi connectivity index (χ2n) is 6.11. The highest BCUT2D eigenvalue weighted by Gasteiger charge is 2.07. The molecule has 0 unspecified atom stereocenters. The van der Waals surface area contributed by atoms with E-state index in [9.17, 15) is 8.42 Å². The van der Waals surface area contributed by atoms with Crippen molar-refractivity contribution in [3.05, 3.63) is 59.2 Å². The maximum absolute atomic E-state index is 11.3. The Morgan fingerprint density at radius 3 is 2.44 bits per heavy atom. The van der Waals surface area contributed by atoms with E-state index in [1.54, 1.807) is 30.9 Å². The third-order valence-corrected chi connectivity index (χ3v) is 5.82. The van der Waals surface area contributed by atoms with E-state index in [4.69, 9.17) is 5.14 Å². The van der Waals surface area contributed by atoms with Crippen LogP contribution in [0.4, 0.5) is 0 Å². The molecule has 0 amide bonds. The molecule has 4 N–H and O–H groups in total. The monoisotopic (exact) mass is 406 g/mol. The Labute approximate surface area is 165 Å². The van der Waals surface area contributed by atoms with Gasteiger partial charge in [-0.15, -0.1) is 11.8 Å². The molecule has 0 bridgehead atoms. The van der Waals surface area contributed by atoms with Gasteiger partial charge in [-0.3, -0.25) is 4.99 Å². The van der Waals surface area contributed by atoms with Crippen LogP contribution >= 0.6 is 11.8 Å². The highest BCUT2D eigenvalue weighted by atomic mass is 32.2. The van der Waals surface area contributed by atoms with Crippen LogP contribution in [0.5, 0.6) is 0 Å². The number of primary sulfonamides is 1. The van der Waals surface area contributed by atoms with Crippen LogP contribution in [0, 0.1) is 6.92 Å². The number of nitrogens with zero attached hydrogens (tertiary/aromatic N) is 1. The normalized spacial score (nSPS) is 12.1. The van der Waals surface area contributed by atoms with Crippen molar-refractivity contribution in [3.8, 4) is 0 Å². The molecule has 0 saturated heterocycles. The lowest BCUT2D eigenvalue weighted by Crippen LogP contribution is -2.37. The van der Waals surface area contributed by atoms with Gasteiger partial charge in [-0.1, -0.05) is 24.3 Å². The first-order chi connectivity index (χ1) is 12.8.